The monoisotopic (exact) mass is 279 g/mol. The second-order valence-corrected chi connectivity index (χ2v) is 5.71. The third kappa shape index (κ3) is 2.37. The average molecular weight is 279 g/mol. The summed E-state index contributed by atoms with van der Waals surface area (Å²) in [6, 6.07) is 0. The van der Waals surface area contributed by atoms with E-state index in [1.54, 1.807) is 18.3 Å². The van der Waals surface area contributed by atoms with Crippen LogP contribution in [0.5, 0.6) is 0 Å². The van der Waals surface area contributed by atoms with E-state index in [1.165, 1.54) is 0 Å². The molecule has 1 aromatic rings. The predicted octanol–water partition coefficient (Wildman–Crippen LogP) is 0.715. The van der Waals surface area contributed by atoms with Gasteiger partial charge in [0, 0.05) is 20.1 Å². The van der Waals surface area contributed by atoms with Gasteiger partial charge in [0.05, 0.1) is 13.1 Å². The number of likely N-dealkylation sites (tertiary alicyclic amines) is 1. The first-order chi connectivity index (χ1) is 9.62. The van der Waals surface area contributed by atoms with Gasteiger partial charge in [0.15, 0.2) is 0 Å². The molecular weight excluding hydrogens is 258 g/mol. The SMILES string of the molecule is CCn1ncnc1CN1CCC[C@@]2(C1)CN(C)C(=O)O2. The van der Waals surface area contributed by atoms with E-state index in [2.05, 4.69) is 21.9 Å². The van der Waals surface area contributed by atoms with Crippen LogP contribution in [0, 0.1) is 0 Å². The normalized spacial score (nSPS) is 27.3. The molecule has 2 saturated heterocycles. The van der Waals surface area contributed by atoms with Crippen molar-refractivity contribution in [1.29, 1.82) is 0 Å². The van der Waals surface area contributed by atoms with E-state index in [0.717, 1.165) is 44.8 Å². The van der Waals surface area contributed by atoms with Crippen molar-refractivity contribution in [2.45, 2.75) is 38.5 Å². The van der Waals surface area contributed by atoms with E-state index in [4.69, 9.17) is 4.74 Å². The molecule has 110 valence electrons. The minimum Gasteiger partial charge on any atom is -0.440 e. The minimum atomic E-state index is -0.332. The number of hydrogen-bond donors (Lipinski definition) is 0. The summed E-state index contributed by atoms with van der Waals surface area (Å²) in [5, 5.41) is 4.20. The van der Waals surface area contributed by atoms with Crippen LogP contribution in [-0.4, -0.2) is 62.9 Å². The maximum atomic E-state index is 11.6. The largest absolute Gasteiger partial charge is 0.440 e. The molecule has 3 heterocycles. The molecular formula is C13H21N5O2. The molecule has 0 aliphatic carbocycles. The summed E-state index contributed by atoms with van der Waals surface area (Å²) in [7, 11) is 1.80. The van der Waals surface area contributed by atoms with Gasteiger partial charge in [-0.3, -0.25) is 4.90 Å². The average Bonchev–Trinajstić information content (AvgIpc) is 2.95. The van der Waals surface area contributed by atoms with Crippen molar-refractivity contribution < 1.29 is 9.53 Å². The maximum absolute atomic E-state index is 11.6. The number of hydrogen-bond acceptors (Lipinski definition) is 5. The fourth-order valence-electron chi connectivity index (χ4n) is 3.20. The van der Waals surface area contributed by atoms with Crippen LogP contribution in [0.3, 0.4) is 0 Å². The molecule has 7 nitrogen and oxygen atoms in total. The van der Waals surface area contributed by atoms with Gasteiger partial charge >= 0.3 is 6.09 Å². The summed E-state index contributed by atoms with van der Waals surface area (Å²) < 4.78 is 7.52. The molecule has 0 saturated carbocycles. The molecule has 0 radical (unpaired) electrons. The topological polar surface area (TPSA) is 63.5 Å². The Hall–Kier alpha value is -1.63. The predicted molar refractivity (Wildman–Crippen MR) is 72.0 cm³/mol. The van der Waals surface area contributed by atoms with Crippen LogP contribution in [0.25, 0.3) is 0 Å². The van der Waals surface area contributed by atoms with Crippen LogP contribution in [0.1, 0.15) is 25.6 Å². The molecule has 0 bridgehead atoms. The summed E-state index contributed by atoms with van der Waals surface area (Å²) in [6.45, 7) is 6.12. The lowest BCUT2D eigenvalue weighted by Gasteiger charge is -2.38. The quantitative estimate of drug-likeness (QED) is 0.815. The number of likely N-dealkylation sites (N-methyl/N-ethyl adjacent to an activating group) is 1. The van der Waals surface area contributed by atoms with Crippen LogP contribution < -0.4 is 0 Å². The van der Waals surface area contributed by atoms with Crippen LogP contribution in [0.15, 0.2) is 6.33 Å². The highest BCUT2D eigenvalue weighted by molar-refractivity contribution is 5.70. The van der Waals surface area contributed by atoms with Crippen molar-refractivity contribution >= 4 is 6.09 Å². The van der Waals surface area contributed by atoms with Gasteiger partial charge < -0.3 is 9.64 Å². The number of carbonyl (C=O) groups excluding carboxylic acids is 1. The Morgan fingerprint density at radius 3 is 3.00 bits per heavy atom. The molecule has 0 N–H and O–H groups in total. The number of nitrogens with zero attached hydrogens (tertiary/aromatic N) is 5. The highest BCUT2D eigenvalue weighted by atomic mass is 16.6. The van der Waals surface area contributed by atoms with E-state index >= 15 is 0 Å². The third-order valence-electron chi connectivity index (χ3n) is 4.12. The second kappa shape index (κ2) is 5.05. The molecule has 1 aromatic heterocycles. The molecule has 0 unspecified atom stereocenters. The Morgan fingerprint density at radius 1 is 1.45 bits per heavy atom. The summed E-state index contributed by atoms with van der Waals surface area (Å²) >= 11 is 0. The van der Waals surface area contributed by atoms with Crippen molar-refractivity contribution in [3.05, 3.63) is 12.2 Å². The van der Waals surface area contributed by atoms with Crippen LogP contribution in [-0.2, 0) is 17.8 Å². The molecule has 1 atom stereocenters. The molecule has 1 spiro atoms. The first-order valence-electron chi connectivity index (χ1n) is 7.15. The Kier molecular flexibility index (Phi) is 3.37. The van der Waals surface area contributed by atoms with Gasteiger partial charge in [-0.25, -0.2) is 14.5 Å². The number of ether oxygens (including phenoxy) is 1. The highest BCUT2D eigenvalue weighted by Gasteiger charge is 2.46. The van der Waals surface area contributed by atoms with Crippen molar-refractivity contribution in [2.75, 3.05) is 26.7 Å². The van der Waals surface area contributed by atoms with Crippen molar-refractivity contribution in [3.8, 4) is 0 Å². The number of amides is 1. The lowest BCUT2D eigenvalue weighted by atomic mass is 9.93. The standard InChI is InChI=1S/C13H21N5O2/c1-3-18-11(14-10-15-18)7-17-6-4-5-13(9-17)8-16(2)12(19)20-13/h10H,3-9H2,1-2H3/t13-/m0/s1. The van der Waals surface area contributed by atoms with Gasteiger partial charge in [-0.15, -0.1) is 0 Å². The van der Waals surface area contributed by atoms with E-state index in [1.807, 2.05) is 4.68 Å². The van der Waals surface area contributed by atoms with Gasteiger partial charge in [-0.05, 0) is 26.3 Å². The fraction of sp³-hybridized carbons (Fsp3) is 0.769. The van der Waals surface area contributed by atoms with Crippen molar-refractivity contribution in [3.63, 3.8) is 0 Å². The number of piperidine rings is 1. The molecule has 0 aromatic carbocycles. The summed E-state index contributed by atoms with van der Waals surface area (Å²) in [5.74, 6) is 0.974. The zero-order chi connectivity index (χ0) is 14.2. The number of rotatable bonds is 3. The highest BCUT2D eigenvalue weighted by Crippen LogP contribution is 2.31. The van der Waals surface area contributed by atoms with Crippen LogP contribution in [0.4, 0.5) is 4.79 Å². The summed E-state index contributed by atoms with van der Waals surface area (Å²) in [4.78, 5) is 19.9. The molecule has 2 fully saturated rings. The molecule has 2 aliphatic heterocycles. The van der Waals surface area contributed by atoms with E-state index in [-0.39, 0.29) is 11.7 Å². The molecule has 7 heteroatoms. The van der Waals surface area contributed by atoms with Gasteiger partial charge in [-0.2, -0.15) is 5.10 Å². The molecule has 2 aliphatic rings. The molecule has 20 heavy (non-hydrogen) atoms. The van der Waals surface area contributed by atoms with E-state index in [0.29, 0.717) is 6.54 Å². The Bertz CT molecular complexity index is 503. The van der Waals surface area contributed by atoms with E-state index < -0.39 is 0 Å². The minimum absolute atomic E-state index is 0.205. The lowest BCUT2D eigenvalue weighted by molar-refractivity contribution is -0.0123. The Labute approximate surface area is 118 Å². The lowest BCUT2D eigenvalue weighted by Crippen LogP contribution is -2.50. The molecule has 1 amide bonds. The van der Waals surface area contributed by atoms with Gasteiger partial charge in [0.1, 0.15) is 17.8 Å². The Morgan fingerprint density at radius 2 is 2.30 bits per heavy atom. The van der Waals surface area contributed by atoms with E-state index in [9.17, 15) is 4.79 Å². The Balaban J connectivity index is 1.68. The number of aromatic nitrogens is 3. The zero-order valence-electron chi connectivity index (χ0n) is 12.1. The first-order valence-corrected chi connectivity index (χ1v) is 7.15. The third-order valence-corrected chi connectivity index (χ3v) is 4.12. The summed E-state index contributed by atoms with van der Waals surface area (Å²) in [6.07, 6.45) is 3.38. The zero-order valence-corrected chi connectivity index (χ0v) is 12.1. The first kappa shape index (κ1) is 13.4. The van der Waals surface area contributed by atoms with Crippen LogP contribution >= 0.6 is 0 Å². The van der Waals surface area contributed by atoms with Crippen LogP contribution in [0.2, 0.25) is 0 Å². The fourth-order valence-corrected chi connectivity index (χ4v) is 3.20. The summed E-state index contributed by atoms with van der Waals surface area (Å²) in [5.41, 5.74) is -0.332. The van der Waals surface area contributed by atoms with Gasteiger partial charge in [-0.1, -0.05) is 0 Å². The smallest absolute Gasteiger partial charge is 0.410 e. The maximum Gasteiger partial charge on any atom is 0.410 e. The van der Waals surface area contributed by atoms with Gasteiger partial charge in [0.25, 0.3) is 0 Å². The van der Waals surface area contributed by atoms with Crippen molar-refractivity contribution in [1.82, 2.24) is 24.6 Å². The van der Waals surface area contributed by atoms with Crippen molar-refractivity contribution in [2.24, 2.45) is 0 Å². The molecule has 3 rings (SSSR count). The number of carbonyl (C=O) groups is 1. The second-order valence-electron chi connectivity index (χ2n) is 5.71. The van der Waals surface area contributed by atoms with Gasteiger partial charge in [0.2, 0.25) is 0 Å². The number of aryl methyl sites for hydroxylation is 1.